The van der Waals surface area contributed by atoms with Gasteiger partial charge >= 0.3 is 11.7 Å². The van der Waals surface area contributed by atoms with Gasteiger partial charge in [-0.3, -0.25) is 19.0 Å². The van der Waals surface area contributed by atoms with E-state index in [2.05, 4.69) is 5.32 Å². The van der Waals surface area contributed by atoms with E-state index >= 15 is 0 Å². The molecule has 1 aliphatic carbocycles. The lowest BCUT2D eigenvalue weighted by atomic mass is 9.69. The van der Waals surface area contributed by atoms with E-state index in [1.54, 1.807) is 24.3 Å². The molecule has 38 heavy (non-hydrogen) atoms. The van der Waals surface area contributed by atoms with Gasteiger partial charge in [-0.2, -0.15) is 0 Å². The molecule has 0 fully saturated rings. The average molecular weight is 534 g/mol. The molecule has 2 aliphatic rings. The average Bonchev–Trinajstić information content (AvgIpc) is 2.88. The summed E-state index contributed by atoms with van der Waals surface area (Å²) in [5.41, 5.74) is 1.39. The number of anilines is 1. The number of esters is 1. The monoisotopic (exact) mass is 533 g/mol. The maximum Gasteiger partial charge on any atom is 0.333 e. The Bertz CT molecular complexity index is 1580. The first kappa shape index (κ1) is 25.7. The van der Waals surface area contributed by atoms with Gasteiger partial charge in [0.2, 0.25) is 0 Å². The van der Waals surface area contributed by atoms with E-state index in [-0.39, 0.29) is 23.3 Å². The smallest absolute Gasteiger partial charge is 0.333 e. The van der Waals surface area contributed by atoms with Gasteiger partial charge in [-0.25, -0.2) is 9.36 Å². The van der Waals surface area contributed by atoms with Crippen LogP contribution in [0.4, 0.5) is 5.82 Å². The molecular weight excluding hydrogens is 506 g/mol. The molecule has 1 atom stereocenters. The highest BCUT2D eigenvalue weighted by Crippen LogP contribution is 2.48. The number of ketones is 1. The molecule has 2 heterocycles. The molecule has 3 aromatic rings. The van der Waals surface area contributed by atoms with E-state index in [1.807, 2.05) is 44.2 Å². The van der Waals surface area contributed by atoms with Crippen LogP contribution in [-0.4, -0.2) is 28.0 Å². The van der Waals surface area contributed by atoms with E-state index < -0.39 is 29.7 Å². The summed E-state index contributed by atoms with van der Waals surface area (Å²) in [4.78, 5) is 53.6. The molecule has 1 N–H and O–H groups in total. The number of allylic oxidation sites excluding steroid dienone is 2. The molecule has 9 heteroatoms. The molecule has 2 aromatic carbocycles. The number of hydrogen-bond donors (Lipinski definition) is 1. The molecule has 0 bridgehead atoms. The SMILES string of the molecule is COC(=O)Cn1c(=O)c2c(n(Cc3ccccc3)c1=O)NC1=C(C(=O)CC(C)(C)C1)C2c1ccc(Cl)cc1. The van der Waals surface area contributed by atoms with Crippen LogP contribution >= 0.6 is 11.6 Å². The molecule has 1 aliphatic heterocycles. The first-order valence-electron chi connectivity index (χ1n) is 12.4. The lowest BCUT2D eigenvalue weighted by Gasteiger charge is -2.39. The van der Waals surface area contributed by atoms with Gasteiger partial charge in [0, 0.05) is 28.6 Å². The Morgan fingerprint density at radius 2 is 1.71 bits per heavy atom. The minimum atomic E-state index is -0.735. The summed E-state index contributed by atoms with van der Waals surface area (Å²) >= 11 is 6.17. The summed E-state index contributed by atoms with van der Waals surface area (Å²) < 4.78 is 7.13. The van der Waals surface area contributed by atoms with Crippen LogP contribution in [0.3, 0.4) is 0 Å². The van der Waals surface area contributed by atoms with Crippen molar-refractivity contribution in [3.63, 3.8) is 0 Å². The van der Waals surface area contributed by atoms with Crippen LogP contribution in [0, 0.1) is 5.41 Å². The Morgan fingerprint density at radius 3 is 2.37 bits per heavy atom. The van der Waals surface area contributed by atoms with Crippen molar-refractivity contribution in [1.29, 1.82) is 0 Å². The van der Waals surface area contributed by atoms with Crippen molar-refractivity contribution >= 4 is 29.2 Å². The number of halogens is 1. The third-order valence-electron chi connectivity index (χ3n) is 7.13. The van der Waals surface area contributed by atoms with E-state index in [0.29, 0.717) is 40.5 Å². The van der Waals surface area contributed by atoms with Crippen molar-refractivity contribution in [2.45, 2.75) is 45.7 Å². The van der Waals surface area contributed by atoms with E-state index in [9.17, 15) is 19.2 Å². The summed E-state index contributed by atoms with van der Waals surface area (Å²) in [5.74, 6) is -1.19. The first-order chi connectivity index (χ1) is 18.1. The van der Waals surface area contributed by atoms with Gasteiger partial charge in [0.1, 0.15) is 12.4 Å². The maximum absolute atomic E-state index is 14.0. The topological polar surface area (TPSA) is 99.4 Å². The molecule has 0 saturated heterocycles. The number of fused-ring (bicyclic) bond motifs is 1. The Labute approximate surface area is 224 Å². The standard InChI is InChI=1S/C29H28ClN3O5/c1-29(2)13-20-24(21(34)14-29)23(18-9-11-19(30)12-10-18)25-26(31-20)32(15-17-7-5-4-6-8-17)28(37)33(27(25)36)16-22(35)38-3/h4-12,23,31H,13-16H2,1-3H3. The second-order valence-electron chi connectivity index (χ2n) is 10.5. The predicted molar refractivity (Wildman–Crippen MR) is 144 cm³/mol. The van der Waals surface area contributed by atoms with Crippen molar-refractivity contribution in [1.82, 2.24) is 9.13 Å². The third-order valence-corrected chi connectivity index (χ3v) is 7.38. The maximum atomic E-state index is 14.0. The van der Waals surface area contributed by atoms with Crippen LogP contribution < -0.4 is 16.6 Å². The summed E-state index contributed by atoms with van der Waals surface area (Å²) in [5, 5.41) is 3.85. The summed E-state index contributed by atoms with van der Waals surface area (Å²) in [6.45, 7) is 3.66. The van der Waals surface area contributed by atoms with Crippen molar-refractivity contribution in [3.05, 3.63) is 108 Å². The van der Waals surface area contributed by atoms with E-state index in [1.165, 1.54) is 11.7 Å². The highest BCUT2D eigenvalue weighted by atomic mass is 35.5. The zero-order valence-corrected chi connectivity index (χ0v) is 22.2. The number of nitrogens with zero attached hydrogens (tertiary/aromatic N) is 2. The van der Waals surface area contributed by atoms with E-state index in [0.717, 1.165) is 10.1 Å². The van der Waals surface area contributed by atoms with Gasteiger partial charge in [0.25, 0.3) is 5.56 Å². The zero-order chi connectivity index (χ0) is 27.2. The van der Waals surface area contributed by atoms with Crippen molar-refractivity contribution in [2.75, 3.05) is 12.4 Å². The van der Waals surface area contributed by atoms with E-state index in [4.69, 9.17) is 16.3 Å². The number of benzene rings is 2. The van der Waals surface area contributed by atoms with Gasteiger partial charge in [0.15, 0.2) is 5.78 Å². The normalized spacial score (nSPS) is 17.9. The second-order valence-corrected chi connectivity index (χ2v) is 11.0. The first-order valence-corrected chi connectivity index (χ1v) is 12.7. The Kier molecular flexibility index (Phi) is 6.61. The Balaban J connectivity index is 1.83. The van der Waals surface area contributed by atoms with Crippen LogP contribution in [-0.2, 0) is 27.4 Å². The summed E-state index contributed by atoms with van der Waals surface area (Å²) in [6.07, 6.45) is 0.898. The molecule has 1 unspecified atom stereocenters. The fourth-order valence-electron chi connectivity index (χ4n) is 5.42. The molecule has 0 amide bonds. The molecule has 8 nitrogen and oxygen atoms in total. The third kappa shape index (κ3) is 4.60. The molecule has 1 aromatic heterocycles. The van der Waals surface area contributed by atoms with Gasteiger partial charge in [-0.1, -0.05) is 67.9 Å². The number of ether oxygens (including phenoxy) is 1. The number of Topliss-reactive ketones (excluding diaryl/α,β-unsaturated/α-hetero) is 1. The van der Waals surface area contributed by atoms with Crippen LogP contribution in [0.2, 0.25) is 5.02 Å². The number of rotatable bonds is 5. The number of nitrogens with one attached hydrogen (secondary N) is 1. The summed E-state index contributed by atoms with van der Waals surface area (Å²) in [7, 11) is 1.20. The quantitative estimate of drug-likeness (QED) is 0.496. The van der Waals surface area contributed by atoms with Gasteiger partial charge in [-0.05, 0) is 35.1 Å². The van der Waals surface area contributed by atoms with Crippen LogP contribution in [0.25, 0.3) is 0 Å². The fraction of sp³-hybridized carbons (Fsp3) is 0.310. The molecule has 0 saturated carbocycles. The fourth-order valence-corrected chi connectivity index (χ4v) is 5.54. The molecular formula is C29H28ClN3O5. The second kappa shape index (κ2) is 9.76. The lowest BCUT2D eigenvalue weighted by Crippen LogP contribution is -2.47. The van der Waals surface area contributed by atoms with Crippen molar-refractivity contribution < 1.29 is 14.3 Å². The minimum Gasteiger partial charge on any atom is -0.468 e. The molecule has 196 valence electrons. The lowest BCUT2D eigenvalue weighted by molar-refractivity contribution is -0.141. The Hall–Kier alpha value is -3.91. The number of hydrogen-bond acceptors (Lipinski definition) is 6. The number of aromatic nitrogens is 2. The van der Waals surface area contributed by atoms with Gasteiger partial charge in [-0.15, -0.1) is 0 Å². The number of methoxy groups -OCH3 is 1. The number of carbonyl (C=O) groups is 2. The van der Waals surface area contributed by atoms with Crippen molar-refractivity contribution in [3.8, 4) is 0 Å². The Morgan fingerprint density at radius 1 is 1.03 bits per heavy atom. The van der Waals surface area contributed by atoms with Crippen LogP contribution in [0.15, 0.2) is 75.5 Å². The largest absolute Gasteiger partial charge is 0.468 e. The van der Waals surface area contributed by atoms with Gasteiger partial charge in [0.05, 0.1) is 19.2 Å². The van der Waals surface area contributed by atoms with Crippen molar-refractivity contribution in [2.24, 2.45) is 5.41 Å². The zero-order valence-electron chi connectivity index (χ0n) is 21.4. The van der Waals surface area contributed by atoms with Gasteiger partial charge < -0.3 is 10.1 Å². The highest BCUT2D eigenvalue weighted by Gasteiger charge is 2.43. The highest BCUT2D eigenvalue weighted by molar-refractivity contribution is 6.30. The molecule has 5 rings (SSSR count). The predicted octanol–water partition coefficient (Wildman–Crippen LogP) is 4.09. The van der Waals surface area contributed by atoms with Crippen LogP contribution in [0.5, 0.6) is 0 Å². The number of carbonyl (C=O) groups excluding carboxylic acids is 2. The van der Waals surface area contributed by atoms with Crippen LogP contribution in [0.1, 0.15) is 49.3 Å². The minimum absolute atomic E-state index is 0.0610. The summed E-state index contributed by atoms with van der Waals surface area (Å²) in [6, 6.07) is 16.4. The molecule has 0 radical (unpaired) electrons. The molecule has 0 spiro atoms.